The van der Waals surface area contributed by atoms with Crippen LogP contribution in [0.25, 0.3) is 0 Å². The van der Waals surface area contributed by atoms with E-state index in [1.807, 2.05) is 17.2 Å². The number of carbonyl (C=O) groups excluding carboxylic acids is 2. The van der Waals surface area contributed by atoms with Gasteiger partial charge in [0.05, 0.1) is 18.8 Å². The first-order valence-corrected chi connectivity index (χ1v) is 10.8. The van der Waals surface area contributed by atoms with Gasteiger partial charge in [-0.1, -0.05) is 12.5 Å². The lowest BCUT2D eigenvalue weighted by Crippen LogP contribution is -2.59. The summed E-state index contributed by atoms with van der Waals surface area (Å²) in [6.07, 6.45) is 8.47. The lowest BCUT2D eigenvalue weighted by atomic mass is 9.79. The average molecular weight is 383 g/mol. The Hall–Kier alpha value is -1.95. The van der Waals surface area contributed by atoms with Crippen molar-refractivity contribution < 1.29 is 14.3 Å². The van der Waals surface area contributed by atoms with Crippen LogP contribution in [-0.4, -0.2) is 58.4 Å². The highest BCUT2D eigenvalue weighted by molar-refractivity contribution is 5.81. The van der Waals surface area contributed by atoms with Crippen LogP contribution in [0, 0.1) is 11.8 Å². The smallest absolute Gasteiger partial charge is 0.226 e. The van der Waals surface area contributed by atoms with Gasteiger partial charge in [0.15, 0.2) is 0 Å². The van der Waals surface area contributed by atoms with Crippen molar-refractivity contribution in [2.24, 2.45) is 11.8 Å². The molecule has 1 saturated heterocycles. The van der Waals surface area contributed by atoms with E-state index in [1.54, 1.807) is 0 Å². The molecule has 0 unspecified atom stereocenters. The van der Waals surface area contributed by atoms with Crippen LogP contribution < -0.4 is 0 Å². The Balaban J connectivity index is 1.28. The van der Waals surface area contributed by atoms with E-state index in [9.17, 15) is 9.59 Å². The van der Waals surface area contributed by atoms with E-state index in [0.29, 0.717) is 25.6 Å². The Bertz CT molecular complexity index is 763. The predicted molar refractivity (Wildman–Crippen MR) is 103 cm³/mol. The van der Waals surface area contributed by atoms with Gasteiger partial charge < -0.3 is 14.5 Å². The van der Waals surface area contributed by atoms with E-state index in [2.05, 4.69) is 16.0 Å². The molecule has 0 radical (unpaired) electrons. The first-order valence-electron chi connectivity index (χ1n) is 10.8. The van der Waals surface area contributed by atoms with Gasteiger partial charge in [-0.05, 0) is 43.7 Å². The minimum absolute atomic E-state index is 0.00198. The number of ether oxygens (including phenoxy) is 1. The largest absolute Gasteiger partial charge is 0.374 e. The zero-order valence-corrected chi connectivity index (χ0v) is 16.4. The number of aromatic nitrogens is 1. The molecule has 2 aliphatic heterocycles. The first kappa shape index (κ1) is 18.1. The molecule has 3 fully saturated rings. The van der Waals surface area contributed by atoms with Crippen LogP contribution >= 0.6 is 0 Å². The Morgan fingerprint density at radius 2 is 1.96 bits per heavy atom. The normalized spacial score (nSPS) is 30.2. The molecule has 1 aromatic rings. The van der Waals surface area contributed by atoms with Crippen LogP contribution in [0.1, 0.15) is 49.8 Å². The van der Waals surface area contributed by atoms with Crippen LogP contribution in [0.3, 0.4) is 0 Å². The summed E-state index contributed by atoms with van der Waals surface area (Å²) in [5.41, 5.74) is 2.28. The fourth-order valence-electron chi connectivity index (χ4n) is 5.31. The maximum Gasteiger partial charge on any atom is 0.226 e. The third kappa shape index (κ3) is 3.21. The minimum Gasteiger partial charge on any atom is -0.374 e. The van der Waals surface area contributed by atoms with Crippen LogP contribution in [0.4, 0.5) is 0 Å². The second kappa shape index (κ2) is 7.47. The van der Waals surface area contributed by atoms with Gasteiger partial charge in [0.2, 0.25) is 11.8 Å². The molecular weight excluding hydrogens is 354 g/mol. The molecule has 0 spiro atoms. The number of fused-ring (bicyclic) bond motifs is 2. The molecule has 3 heterocycles. The summed E-state index contributed by atoms with van der Waals surface area (Å²) in [5, 5.41) is 0. The number of nitrogens with zero attached hydrogens (tertiary/aromatic N) is 3. The Morgan fingerprint density at radius 3 is 2.79 bits per heavy atom. The van der Waals surface area contributed by atoms with E-state index in [4.69, 9.17) is 4.74 Å². The fourth-order valence-corrected chi connectivity index (χ4v) is 5.31. The van der Waals surface area contributed by atoms with Crippen molar-refractivity contribution >= 4 is 11.8 Å². The molecule has 28 heavy (non-hydrogen) atoms. The molecule has 0 bridgehead atoms. The Labute approximate surface area is 166 Å². The van der Waals surface area contributed by atoms with Gasteiger partial charge in [0, 0.05) is 49.8 Å². The highest BCUT2D eigenvalue weighted by Gasteiger charge is 2.44. The summed E-state index contributed by atoms with van der Waals surface area (Å²) in [6.45, 7) is 2.72. The molecule has 2 saturated carbocycles. The molecule has 5 rings (SSSR count). The van der Waals surface area contributed by atoms with Crippen LogP contribution in [0.15, 0.2) is 18.3 Å². The van der Waals surface area contributed by atoms with Crippen molar-refractivity contribution in [2.45, 2.75) is 63.6 Å². The number of carbonyl (C=O) groups is 2. The van der Waals surface area contributed by atoms with E-state index >= 15 is 0 Å². The molecule has 0 aromatic carbocycles. The van der Waals surface area contributed by atoms with Gasteiger partial charge in [-0.25, -0.2) is 0 Å². The highest BCUT2D eigenvalue weighted by Crippen LogP contribution is 2.37. The number of pyridine rings is 1. The van der Waals surface area contributed by atoms with Crippen molar-refractivity contribution in [3.63, 3.8) is 0 Å². The highest BCUT2D eigenvalue weighted by atomic mass is 16.5. The third-order valence-electron chi connectivity index (χ3n) is 7.18. The van der Waals surface area contributed by atoms with Gasteiger partial charge in [-0.15, -0.1) is 0 Å². The molecule has 2 aliphatic carbocycles. The summed E-state index contributed by atoms with van der Waals surface area (Å²) >= 11 is 0. The van der Waals surface area contributed by atoms with E-state index in [-0.39, 0.29) is 29.9 Å². The first-order chi connectivity index (χ1) is 13.7. The standard InChI is InChI=1S/C22H29N3O3/c26-21(24-10-8-18-17(14-24)5-2-9-23-18)16-6-7-20-19(13-16)25(11-12-28-20)22(27)15-3-1-4-15/h2,5,9,15-16,19-20H,1,3-4,6-8,10-14H2/t16-,19+,20+/m0/s1. The van der Waals surface area contributed by atoms with Crippen LogP contribution in [-0.2, 0) is 27.3 Å². The summed E-state index contributed by atoms with van der Waals surface area (Å²) in [7, 11) is 0. The third-order valence-corrected chi connectivity index (χ3v) is 7.18. The lowest BCUT2D eigenvalue weighted by molar-refractivity contribution is -0.161. The zero-order chi connectivity index (χ0) is 19.1. The molecule has 6 heteroatoms. The fraction of sp³-hybridized carbons (Fsp3) is 0.682. The number of morpholine rings is 1. The van der Waals surface area contributed by atoms with Gasteiger partial charge in [0.25, 0.3) is 0 Å². The Kier molecular flexibility index (Phi) is 4.83. The lowest BCUT2D eigenvalue weighted by Gasteiger charge is -2.48. The van der Waals surface area contributed by atoms with Crippen LogP contribution in [0.2, 0.25) is 0 Å². The zero-order valence-electron chi connectivity index (χ0n) is 16.4. The van der Waals surface area contributed by atoms with E-state index in [1.165, 1.54) is 12.0 Å². The van der Waals surface area contributed by atoms with Gasteiger partial charge in [-0.2, -0.15) is 0 Å². The maximum absolute atomic E-state index is 13.3. The number of amides is 2. The van der Waals surface area contributed by atoms with Crippen molar-refractivity contribution in [3.8, 4) is 0 Å². The van der Waals surface area contributed by atoms with Crippen LogP contribution in [0.5, 0.6) is 0 Å². The molecule has 0 N–H and O–H groups in total. The predicted octanol–water partition coefficient (Wildman–Crippen LogP) is 2.16. The van der Waals surface area contributed by atoms with Crippen molar-refractivity contribution in [1.29, 1.82) is 0 Å². The van der Waals surface area contributed by atoms with Crippen molar-refractivity contribution in [2.75, 3.05) is 19.7 Å². The SMILES string of the molecule is O=C([C@H]1CC[C@H]2OCCN(C(=O)C3CCC3)[C@@H]2C1)N1CCc2ncccc2C1. The second-order valence-electron chi connectivity index (χ2n) is 8.77. The number of rotatable bonds is 2. The number of hydrogen-bond acceptors (Lipinski definition) is 4. The van der Waals surface area contributed by atoms with Gasteiger partial charge in [0.1, 0.15) is 0 Å². The van der Waals surface area contributed by atoms with Crippen molar-refractivity contribution in [3.05, 3.63) is 29.6 Å². The Morgan fingerprint density at radius 1 is 1.07 bits per heavy atom. The van der Waals surface area contributed by atoms with E-state index < -0.39 is 0 Å². The summed E-state index contributed by atoms with van der Waals surface area (Å²) in [5.74, 6) is 0.754. The molecule has 150 valence electrons. The molecule has 2 amide bonds. The average Bonchev–Trinajstić information content (AvgIpc) is 2.70. The molecular formula is C22H29N3O3. The van der Waals surface area contributed by atoms with Gasteiger partial charge in [-0.3, -0.25) is 14.6 Å². The molecule has 4 aliphatic rings. The topological polar surface area (TPSA) is 62.7 Å². The molecule has 6 nitrogen and oxygen atoms in total. The number of hydrogen-bond donors (Lipinski definition) is 0. The quantitative estimate of drug-likeness (QED) is 0.785. The summed E-state index contributed by atoms with van der Waals surface area (Å²) < 4.78 is 5.99. The minimum atomic E-state index is -0.00198. The van der Waals surface area contributed by atoms with E-state index in [0.717, 1.165) is 50.8 Å². The monoisotopic (exact) mass is 383 g/mol. The molecule has 3 atom stereocenters. The molecule has 1 aromatic heterocycles. The second-order valence-corrected chi connectivity index (χ2v) is 8.77. The van der Waals surface area contributed by atoms with Gasteiger partial charge >= 0.3 is 0 Å². The summed E-state index contributed by atoms with van der Waals surface area (Å²) in [4.78, 5) is 34.7. The maximum atomic E-state index is 13.3. The summed E-state index contributed by atoms with van der Waals surface area (Å²) in [6, 6.07) is 4.09. The van der Waals surface area contributed by atoms with Crippen molar-refractivity contribution in [1.82, 2.24) is 14.8 Å².